The van der Waals surface area contributed by atoms with Crippen molar-refractivity contribution in [3.63, 3.8) is 0 Å². The first-order valence-electron chi connectivity index (χ1n) is 16.2. The monoisotopic (exact) mass is 660 g/mol. The summed E-state index contributed by atoms with van der Waals surface area (Å²) in [5, 5.41) is 14.8. The number of urea groups is 1. The summed E-state index contributed by atoms with van der Waals surface area (Å²) in [6.45, 7) is 7.65. The van der Waals surface area contributed by atoms with Gasteiger partial charge in [-0.15, -0.1) is 0 Å². The number of thioether (sulfide) groups is 1. The summed E-state index contributed by atoms with van der Waals surface area (Å²) < 4.78 is 11.3. The van der Waals surface area contributed by atoms with Gasteiger partial charge in [0, 0.05) is 30.5 Å². The van der Waals surface area contributed by atoms with Gasteiger partial charge >= 0.3 is 12.1 Å². The van der Waals surface area contributed by atoms with Crippen molar-refractivity contribution >= 4 is 47.3 Å². The second-order valence-electron chi connectivity index (χ2n) is 13.0. The van der Waals surface area contributed by atoms with Crippen molar-refractivity contribution < 1.29 is 33.4 Å². The van der Waals surface area contributed by atoms with Crippen molar-refractivity contribution in [1.29, 1.82) is 0 Å². The third-order valence-electron chi connectivity index (χ3n) is 8.02. The van der Waals surface area contributed by atoms with E-state index in [1.807, 2.05) is 11.8 Å². The zero-order valence-corrected chi connectivity index (χ0v) is 28.0. The van der Waals surface area contributed by atoms with E-state index < -0.39 is 29.7 Å². The number of nitrogens with one attached hydrogen (secondary N) is 5. The predicted octanol–water partition coefficient (Wildman–Crippen LogP) is 2.82. The van der Waals surface area contributed by atoms with Crippen LogP contribution < -0.4 is 36.2 Å². The van der Waals surface area contributed by atoms with Crippen LogP contribution >= 0.6 is 11.8 Å². The summed E-state index contributed by atoms with van der Waals surface area (Å²) >= 11 is 1.89. The number of hydrogen-bond donors (Lipinski definition) is 5. The normalized spacial score (nSPS) is 23.7. The van der Waals surface area contributed by atoms with E-state index in [2.05, 4.69) is 26.6 Å². The molecule has 1 aromatic carbocycles. The van der Waals surface area contributed by atoms with Gasteiger partial charge < -0.3 is 36.1 Å². The lowest BCUT2D eigenvalue weighted by Gasteiger charge is -2.27. The predicted molar refractivity (Wildman–Crippen MR) is 176 cm³/mol. The number of carbonyl (C=O) groups excluding carboxylic acids is 5. The zero-order valence-electron chi connectivity index (χ0n) is 27.2. The highest BCUT2D eigenvalue weighted by Gasteiger charge is 2.42. The molecule has 254 valence electrons. The number of benzene rings is 1. The number of carbonyl (C=O) groups is 5. The summed E-state index contributed by atoms with van der Waals surface area (Å²) in [5.41, 5.74) is -0.297. The molecule has 4 rings (SSSR count). The highest BCUT2D eigenvalue weighted by atomic mass is 32.2. The minimum atomic E-state index is -1.06. The van der Waals surface area contributed by atoms with Crippen LogP contribution in [0.4, 0.5) is 15.3 Å². The number of ether oxygens (including phenoxy) is 2. The molecule has 0 bridgehead atoms. The second-order valence-corrected chi connectivity index (χ2v) is 14.2. The molecule has 5 N–H and O–H groups in total. The number of unbranched alkanes of at least 4 members (excludes halogenated alkanes) is 3. The molecular weight excluding hydrogens is 612 g/mol. The lowest BCUT2D eigenvalue weighted by molar-refractivity contribution is -0.125. The first-order valence-corrected chi connectivity index (χ1v) is 17.2. The van der Waals surface area contributed by atoms with Crippen molar-refractivity contribution in [3.8, 4) is 5.75 Å². The van der Waals surface area contributed by atoms with Gasteiger partial charge in [0.15, 0.2) is 0 Å². The Hall–Kier alpha value is -3.68. The summed E-state index contributed by atoms with van der Waals surface area (Å²) in [6, 6.07) is 6.24. The Morgan fingerprint density at radius 3 is 2.46 bits per heavy atom. The van der Waals surface area contributed by atoms with Gasteiger partial charge in [0.25, 0.3) is 5.91 Å². The molecule has 3 heterocycles. The van der Waals surface area contributed by atoms with E-state index in [0.717, 1.165) is 44.3 Å². The molecule has 3 aliphatic heterocycles. The molecule has 0 saturated carbocycles. The van der Waals surface area contributed by atoms with Crippen molar-refractivity contribution in [1.82, 2.24) is 26.6 Å². The number of rotatable bonds is 14. The van der Waals surface area contributed by atoms with Crippen LogP contribution in [-0.4, -0.2) is 90.3 Å². The minimum Gasteiger partial charge on any atom is -0.486 e. The maximum absolute atomic E-state index is 13.6. The first kappa shape index (κ1) is 35.2. The van der Waals surface area contributed by atoms with Gasteiger partial charge in [-0.25, -0.2) is 9.59 Å². The number of para-hydroxylation sites is 2. The van der Waals surface area contributed by atoms with Crippen molar-refractivity contribution in [2.45, 2.75) is 108 Å². The molecule has 46 heavy (non-hydrogen) atoms. The molecule has 13 nitrogen and oxygen atoms in total. The largest absolute Gasteiger partial charge is 0.486 e. The lowest BCUT2D eigenvalue weighted by atomic mass is 10.0. The maximum Gasteiger partial charge on any atom is 0.408 e. The zero-order chi connectivity index (χ0) is 33.3. The second kappa shape index (κ2) is 16.2. The van der Waals surface area contributed by atoms with Gasteiger partial charge in [0.2, 0.25) is 11.8 Å². The van der Waals surface area contributed by atoms with Crippen LogP contribution in [0.25, 0.3) is 0 Å². The summed E-state index contributed by atoms with van der Waals surface area (Å²) in [6.07, 6.45) is 4.14. The molecule has 0 aliphatic carbocycles. The first-order chi connectivity index (χ1) is 21.9. The van der Waals surface area contributed by atoms with Crippen LogP contribution in [0.2, 0.25) is 0 Å². The van der Waals surface area contributed by atoms with Crippen molar-refractivity contribution in [3.05, 3.63) is 24.3 Å². The molecule has 3 unspecified atom stereocenters. The van der Waals surface area contributed by atoms with E-state index in [1.165, 1.54) is 4.90 Å². The quantitative estimate of drug-likeness (QED) is 0.150. The van der Waals surface area contributed by atoms with Gasteiger partial charge in [-0.05, 0) is 71.9 Å². The molecule has 0 aromatic heterocycles. The highest BCUT2D eigenvalue weighted by Crippen LogP contribution is 2.34. The summed E-state index contributed by atoms with van der Waals surface area (Å²) in [4.78, 5) is 64.0. The summed E-state index contributed by atoms with van der Waals surface area (Å²) in [7, 11) is 0. The Labute approximate surface area is 275 Å². The molecule has 6 amide bonds. The third-order valence-corrected chi connectivity index (χ3v) is 9.53. The van der Waals surface area contributed by atoms with Crippen LogP contribution in [-0.2, 0) is 19.1 Å². The summed E-state index contributed by atoms with van der Waals surface area (Å²) in [5.74, 6) is 0.616. The molecule has 0 spiro atoms. The molecule has 0 radical (unpaired) electrons. The topological polar surface area (TPSA) is 167 Å². The standard InChI is InChI=1S/C32H48N6O7S/c1-20-27(37-31(43)45-32(2,3)4)29(41)38(22-12-6-7-13-23(22)44-20)18-26(40)34-17-11-5-10-16-33-25(39)15-9-8-14-24-28-21(19-46-24)35-30(42)36-28/h6-7,12-13,20-21,24,27-28H,5,8-11,14-19H2,1-4H3,(H,33,39)(H,34,40)(H,37,43)(H2,35,36,42)/t20?,21-,24?,27?,28-/m0/s1. The van der Waals surface area contributed by atoms with Crippen LogP contribution in [0.15, 0.2) is 24.3 Å². The average Bonchev–Trinajstić information content (AvgIpc) is 3.52. The number of nitrogens with zero attached hydrogens (tertiary/aromatic N) is 1. The van der Waals surface area contributed by atoms with Gasteiger partial charge in [-0.1, -0.05) is 18.6 Å². The van der Waals surface area contributed by atoms with E-state index in [1.54, 1.807) is 52.0 Å². The van der Waals surface area contributed by atoms with E-state index in [-0.39, 0.29) is 36.5 Å². The fourth-order valence-electron chi connectivity index (χ4n) is 5.76. The van der Waals surface area contributed by atoms with Crippen LogP contribution in [0, 0.1) is 0 Å². The van der Waals surface area contributed by atoms with Gasteiger partial charge in [-0.2, -0.15) is 11.8 Å². The fraction of sp³-hybridized carbons (Fsp3) is 0.656. The van der Waals surface area contributed by atoms with E-state index >= 15 is 0 Å². The van der Waals surface area contributed by atoms with Crippen molar-refractivity contribution in [2.24, 2.45) is 0 Å². The Kier molecular flexibility index (Phi) is 12.4. The SMILES string of the molecule is CC1Oc2ccccc2N(CC(=O)NCCCCCNC(=O)CCCCC2SC[C@@H]3NC(=O)N[C@H]23)C(=O)C1NC(=O)OC(C)(C)C. The lowest BCUT2D eigenvalue weighted by Crippen LogP contribution is -2.56. The Morgan fingerprint density at radius 1 is 1.00 bits per heavy atom. The molecule has 14 heteroatoms. The smallest absolute Gasteiger partial charge is 0.408 e. The number of amides is 6. The number of alkyl carbamates (subject to hydrolysis) is 1. The van der Waals surface area contributed by atoms with E-state index in [9.17, 15) is 24.0 Å². The molecule has 1 aromatic rings. The van der Waals surface area contributed by atoms with Crippen molar-refractivity contribution in [2.75, 3.05) is 30.3 Å². The Balaban J connectivity index is 1.12. The third kappa shape index (κ3) is 10.2. The van der Waals surface area contributed by atoms with E-state index in [0.29, 0.717) is 36.2 Å². The molecule has 2 fully saturated rings. The fourth-order valence-corrected chi connectivity index (χ4v) is 7.30. The molecular formula is C32H48N6O7S. The van der Waals surface area contributed by atoms with Gasteiger partial charge in [-0.3, -0.25) is 19.3 Å². The maximum atomic E-state index is 13.6. The van der Waals surface area contributed by atoms with Crippen LogP contribution in [0.1, 0.15) is 72.6 Å². The van der Waals surface area contributed by atoms with Crippen LogP contribution in [0.5, 0.6) is 5.75 Å². The van der Waals surface area contributed by atoms with Gasteiger partial charge in [0.1, 0.15) is 30.0 Å². The minimum absolute atomic E-state index is 0.0428. The van der Waals surface area contributed by atoms with E-state index in [4.69, 9.17) is 9.47 Å². The number of anilines is 1. The average molecular weight is 661 g/mol. The Bertz CT molecular complexity index is 1260. The number of hydrogen-bond acceptors (Lipinski definition) is 8. The highest BCUT2D eigenvalue weighted by molar-refractivity contribution is 8.00. The molecule has 3 aliphatic rings. The molecule has 5 atom stereocenters. The molecule has 2 saturated heterocycles. The van der Waals surface area contributed by atoms with Gasteiger partial charge in [0.05, 0.1) is 17.8 Å². The van der Waals surface area contributed by atoms with Crippen LogP contribution in [0.3, 0.4) is 0 Å². The number of fused-ring (bicyclic) bond motifs is 2. The Morgan fingerprint density at radius 2 is 1.72 bits per heavy atom.